The third-order valence-corrected chi connectivity index (χ3v) is 3.82. The molecule has 1 N–H and O–H groups in total. The second-order valence-corrected chi connectivity index (χ2v) is 4.93. The Kier molecular flexibility index (Phi) is 2.41. The molecule has 3 fully saturated rings. The fourth-order valence-electron chi connectivity index (χ4n) is 2.80. The number of nitrogens with one attached hydrogen (secondary N) is 1. The van der Waals surface area contributed by atoms with E-state index in [1.165, 1.54) is 25.8 Å². The lowest BCUT2D eigenvalue weighted by atomic mass is 10.2. The summed E-state index contributed by atoms with van der Waals surface area (Å²) in [5.74, 6) is 0.295. The number of rotatable bonds is 2. The summed E-state index contributed by atoms with van der Waals surface area (Å²) in [5.41, 5.74) is 0. The molecule has 2 saturated heterocycles. The molecule has 1 saturated carbocycles. The minimum Gasteiger partial charge on any atom is -0.336 e. The van der Waals surface area contributed by atoms with Crippen molar-refractivity contribution in [3.05, 3.63) is 0 Å². The van der Waals surface area contributed by atoms with Crippen molar-refractivity contribution in [2.75, 3.05) is 32.7 Å². The maximum absolute atomic E-state index is 11.7. The number of likely N-dealkylation sites (tertiary alicyclic amines) is 1. The lowest BCUT2D eigenvalue weighted by molar-refractivity contribution is -0.134. The highest BCUT2D eigenvalue weighted by Crippen LogP contribution is 2.31. The fourth-order valence-corrected chi connectivity index (χ4v) is 2.80. The van der Waals surface area contributed by atoms with Crippen molar-refractivity contribution in [3.63, 3.8) is 0 Å². The van der Waals surface area contributed by atoms with Gasteiger partial charge in [0, 0.05) is 38.3 Å². The van der Waals surface area contributed by atoms with Crippen LogP contribution in [-0.4, -0.2) is 60.5 Å². The van der Waals surface area contributed by atoms with Crippen LogP contribution in [0, 0.1) is 0 Å². The van der Waals surface area contributed by atoms with Gasteiger partial charge in [-0.25, -0.2) is 0 Å². The molecule has 0 aromatic carbocycles. The molecule has 2 heterocycles. The van der Waals surface area contributed by atoms with E-state index in [9.17, 15) is 4.79 Å². The normalized spacial score (nSPS) is 33.7. The molecular weight excluding hydrogens is 190 g/mol. The van der Waals surface area contributed by atoms with E-state index in [0.717, 1.165) is 25.7 Å². The van der Waals surface area contributed by atoms with E-state index in [0.29, 0.717) is 18.5 Å². The van der Waals surface area contributed by atoms with E-state index in [1.54, 1.807) is 0 Å². The van der Waals surface area contributed by atoms with Gasteiger partial charge in [0.05, 0.1) is 6.54 Å². The lowest BCUT2D eigenvalue weighted by Crippen LogP contribution is -2.53. The summed E-state index contributed by atoms with van der Waals surface area (Å²) in [5, 5.41) is 3.13. The first-order valence-electron chi connectivity index (χ1n) is 6.09. The van der Waals surface area contributed by atoms with Gasteiger partial charge in [-0.2, -0.15) is 0 Å². The monoisotopic (exact) mass is 209 g/mol. The first-order chi connectivity index (χ1) is 7.34. The number of hydrogen-bond donors (Lipinski definition) is 1. The molecule has 0 radical (unpaired) electrons. The molecule has 15 heavy (non-hydrogen) atoms. The maximum atomic E-state index is 11.7. The summed E-state index contributed by atoms with van der Waals surface area (Å²) in [6.07, 6.45) is 3.94. The fraction of sp³-hybridized carbons (Fsp3) is 0.909. The highest BCUT2D eigenvalue weighted by atomic mass is 16.2. The Morgan fingerprint density at radius 1 is 1.13 bits per heavy atom. The lowest BCUT2D eigenvalue weighted by Gasteiger charge is -2.32. The van der Waals surface area contributed by atoms with Crippen LogP contribution in [-0.2, 0) is 4.79 Å². The largest absolute Gasteiger partial charge is 0.336 e. The molecule has 1 aliphatic carbocycles. The minimum atomic E-state index is 0.295. The molecular formula is C11H19N3O. The smallest absolute Gasteiger partial charge is 0.236 e. The van der Waals surface area contributed by atoms with E-state index in [1.807, 2.05) is 0 Å². The summed E-state index contributed by atoms with van der Waals surface area (Å²) in [4.78, 5) is 16.4. The van der Waals surface area contributed by atoms with Gasteiger partial charge in [0.25, 0.3) is 0 Å². The van der Waals surface area contributed by atoms with Crippen LogP contribution in [0.15, 0.2) is 0 Å². The molecule has 84 valence electrons. The Balaban J connectivity index is 1.59. The van der Waals surface area contributed by atoms with E-state index < -0.39 is 0 Å². The second-order valence-electron chi connectivity index (χ2n) is 4.93. The first kappa shape index (κ1) is 9.60. The summed E-state index contributed by atoms with van der Waals surface area (Å²) in [7, 11) is 0. The Morgan fingerprint density at radius 2 is 2.00 bits per heavy atom. The average Bonchev–Trinajstić information content (AvgIpc) is 2.99. The number of carbonyl (C=O) groups is 1. The molecule has 0 spiro atoms. The molecule has 0 bridgehead atoms. The number of amides is 1. The van der Waals surface area contributed by atoms with E-state index in [-0.39, 0.29) is 0 Å². The van der Waals surface area contributed by atoms with Crippen LogP contribution in [0.4, 0.5) is 0 Å². The zero-order valence-electron chi connectivity index (χ0n) is 9.11. The van der Waals surface area contributed by atoms with Crippen molar-refractivity contribution in [3.8, 4) is 0 Å². The minimum absolute atomic E-state index is 0.295. The van der Waals surface area contributed by atoms with Crippen LogP contribution in [0.5, 0.6) is 0 Å². The van der Waals surface area contributed by atoms with Gasteiger partial charge in [-0.15, -0.1) is 0 Å². The number of hydrogen-bond acceptors (Lipinski definition) is 3. The zero-order valence-corrected chi connectivity index (χ0v) is 9.11. The van der Waals surface area contributed by atoms with Gasteiger partial charge in [-0.05, 0) is 19.3 Å². The molecule has 4 nitrogen and oxygen atoms in total. The predicted molar refractivity (Wildman–Crippen MR) is 57.6 cm³/mol. The van der Waals surface area contributed by atoms with E-state index in [4.69, 9.17) is 0 Å². The molecule has 0 aromatic rings. The van der Waals surface area contributed by atoms with Crippen molar-refractivity contribution in [1.29, 1.82) is 0 Å². The highest BCUT2D eigenvalue weighted by molar-refractivity contribution is 5.79. The van der Waals surface area contributed by atoms with Crippen molar-refractivity contribution < 1.29 is 4.79 Å². The van der Waals surface area contributed by atoms with Gasteiger partial charge in [-0.3, -0.25) is 9.69 Å². The highest BCUT2D eigenvalue weighted by Gasteiger charge is 2.37. The van der Waals surface area contributed by atoms with Crippen LogP contribution in [0.2, 0.25) is 0 Å². The second kappa shape index (κ2) is 3.76. The summed E-state index contributed by atoms with van der Waals surface area (Å²) in [6, 6.07) is 1.35. The Morgan fingerprint density at radius 3 is 2.73 bits per heavy atom. The topological polar surface area (TPSA) is 35.6 Å². The average molecular weight is 209 g/mol. The van der Waals surface area contributed by atoms with E-state index >= 15 is 0 Å². The number of nitrogens with zero attached hydrogens (tertiary/aromatic N) is 2. The molecule has 2 aliphatic heterocycles. The predicted octanol–water partition coefficient (Wildman–Crippen LogP) is -0.345. The van der Waals surface area contributed by atoms with Gasteiger partial charge >= 0.3 is 0 Å². The zero-order chi connectivity index (χ0) is 10.3. The van der Waals surface area contributed by atoms with Crippen molar-refractivity contribution >= 4 is 5.91 Å². The van der Waals surface area contributed by atoms with Crippen molar-refractivity contribution in [1.82, 2.24) is 15.1 Å². The first-order valence-corrected chi connectivity index (χ1v) is 6.09. The van der Waals surface area contributed by atoms with Gasteiger partial charge in [0.1, 0.15) is 0 Å². The standard InChI is InChI=1S/C11H19N3O/c15-11-7-12-4-6-14(11)10-3-5-13(8-10)9-1-2-9/h9-10,12H,1-8H2. The molecule has 0 aromatic heterocycles. The molecule has 3 rings (SSSR count). The Bertz CT molecular complexity index is 265. The molecule has 4 heteroatoms. The third kappa shape index (κ3) is 1.88. The SMILES string of the molecule is O=C1CNCCN1C1CCN(C2CC2)C1. The van der Waals surface area contributed by atoms with E-state index in [2.05, 4.69) is 15.1 Å². The van der Waals surface area contributed by atoms with Crippen LogP contribution >= 0.6 is 0 Å². The molecule has 1 atom stereocenters. The molecule has 1 unspecified atom stereocenters. The maximum Gasteiger partial charge on any atom is 0.236 e. The van der Waals surface area contributed by atoms with Crippen LogP contribution in [0.1, 0.15) is 19.3 Å². The van der Waals surface area contributed by atoms with Crippen molar-refractivity contribution in [2.45, 2.75) is 31.3 Å². The number of piperazine rings is 1. The molecule has 3 aliphatic rings. The van der Waals surface area contributed by atoms with Crippen LogP contribution < -0.4 is 5.32 Å². The third-order valence-electron chi connectivity index (χ3n) is 3.82. The van der Waals surface area contributed by atoms with Gasteiger partial charge in [0.2, 0.25) is 5.91 Å². The van der Waals surface area contributed by atoms with Crippen LogP contribution in [0.3, 0.4) is 0 Å². The van der Waals surface area contributed by atoms with Crippen molar-refractivity contribution in [2.24, 2.45) is 0 Å². The van der Waals surface area contributed by atoms with Gasteiger partial charge in [-0.1, -0.05) is 0 Å². The summed E-state index contributed by atoms with van der Waals surface area (Å²) in [6.45, 7) is 4.73. The van der Waals surface area contributed by atoms with Crippen LogP contribution in [0.25, 0.3) is 0 Å². The summed E-state index contributed by atoms with van der Waals surface area (Å²) < 4.78 is 0. The Hall–Kier alpha value is -0.610. The van der Waals surface area contributed by atoms with Gasteiger partial charge in [0.15, 0.2) is 0 Å². The quantitative estimate of drug-likeness (QED) is 0.675. The summed E-state index contributed by atoms with van der Waals surface area (Å²) >= 11 is 0. The Labute approximate surface area is 90.6 Å². The van der Waals surface area contributed by atoms with Gasteiger partial charge < -0.3 is 10.2 Å². The molecule has 1 amide bonds. The number of carbonyl (C=O) groups excluding carboxylic acids is 1.